The summed E-state index contributed by atoms with van der Waals surface area (Å²) in [6.45, 7) is 4.62. The average molecular weight is 423 g/mol. The number of amides is 1. The molecule has 0 saturated carbocycles. The minimum absolute atomic E-state index is 0.0802. The van der Waals surface area contributed by atoms with E-state index in [1.54, 1.807) is 12.1 Å². The first kappa shape index (κ1) is 18.8. The number of aryl methyl sites for hydroxylation is 2. The van der Waals surface area contributed by atoms with Crippen LogP contribution < -0.4 is 4.90 Å². The fraction of sp³-hybridized carbons (Fsp3) is 0.350. The van der Waals surface area contributed by atoms with E-state index in [0.717, 1.165) is 34.4 Å². The van der Waals surface area contributed by atoms with Crippen molar-refractivity contribution in [2.45, 2.75) is 19.8 Å². The number of nitrogens with zero attached hydrogens (tertiary/aromatic N) is 2. The summed E-state index contributed by atoms with van der Waals surface area (Å²) in [5, 5.41) is 0. The van der Waals surface area contributed by atoms with Crippen LogP contribution in [0.1, 0.15) is 17.5 Å². The molecule has 0 aliphatic carbocycles. The molecule has 1 amide bonds. The molecule has 1 saturated heterocycles. The average Bonchev–Trinajstić information content (AvgIpc) is 2.62. The fourth-order valence-corrected chi connectivity index (χ4v) is 3.75. The van der Waals surface area contributed by atoms with Crippen LogP contribution in [0, 0.1) is 18.6 Å². The Labute approximate surface area is 160 Å². The van der Waals surface area contributed by atoms with Gasteiger partial charge >= 0.3 is 0 Å². The lowest BCUT2D eigenvalue weighted by Crippen LogP contribution is -2.49. The van der Waals surface area contributed by atoms with Gasteiger partial charge in [0.05, 0.1) is 0 Å². The molecule has 0 atom stereocenters. The van der Waals surface area contributed by atoms with Gasteiger partial charge in [0.2, 0.25) is 5.91 Å². The van der Waals surface area contributed by atoms with Crippen LogP contribution in [0.2, 0.25) is 0 Å². The highest BCUT2D eigenvalue weighted by Crippen LogP contribution is 2.23. The Morgan fingerprint density at radius 1 is 1.04 bits per heavy atom. The van der Waals surface area contributed by atoms with E-state index in [1.165, 1.54) is 24.3 Å². The first-order valence-corrected chi connectivity index (χ1v) is 9.46. The van der Waals surface area contributed by atoms with Crippen molar-refractivity contribution in [3.8, 4) is 0 Å². The second-order valence-electron chi connectivity index (χ2n) is 6.53. The molecule has 3 rings (SSSR count). The van der Waals surface area contributed by atoms with Crippen LogP contribution in [-0.4, -0.2) is 37.0 Å². The molecule has 0 spiro atoms. The van der Waals surface area contributed by atoms with Crippen LogP contribution in [0.15, 0.2) is 40.9 Å². The molecule has 0 N–H and O–H groups in total. The second-order valence-corrected chi connectivity index (χ2v) is 7.39. The maximum Gasteiger partial charge on any atom is 0.223 e. The van der Waals surface area contributed by atoms with Gasteiger partial charge in [0.25, 0.3) is 0 Å². The van der Waals surface area contributed by atoms with Crippen LogP contribution in [-0.2, 0) is 11.2 Å². The normalized spacial score (nSPS) is 14.6. The smallest absolute Gasteiger partial charge is 0.223 e. The number of hydrogen-bond donors (Lipinski definition) is 0. The van der Waals surface area contributed by atoms with Crippen LogP contribution in [0.25, 0.3) is 0 Å². The number of benzene rings is 2. The highest BCUT2D eigenvalue weighted by atomic mass is 79.9. The van der Waals surface area contributed by atoms with Gasteiger partial charge in [0, 0.05) is 42.8 Å². The number of piperazine rings is 1. The van der Waals surface area contributed by atoms with Crippen molar-refractivity contribution < 1.29 is 13.6 Å². The summed E-state index contributed by atoms with van der Waals surface area (Å²) < 4.78 is 27.4. The number of halogens is 3. The zero-order valence-electron chi connectivity index (χ0n) is 14.6. The zero-order chi connectivity index (χ0) is 18.7. The molecule has 1 fully saturated rings. The fourth-order valence-electron chi connectivity index (χ4n) is 3.31. The zero-order valence-corrected chi connectivity index (χ0v) is 16.2. The summed E-state index contributed by atoms with van der Waals surface area (Å²) in [6.07, 6.45) is 0.867. The van der Waals surface area contributed by atoms with Crippen LogP contribution in [0.3, 0.4) is 0 Å². The molecule has 1 aliphatic rings. The van der Waals surface area contributed by atoms with Gasteiger partial charge in [-0.1, -0.05) is 15.9 Å². The highest BCUT2D eigenvalue weighted by molar-refractivity contribution is 9.10. The molecule has 138 valence electrons. The van der Waals surface area contributed by atoms with Crippen molar-refractivity contribution in [2.24, 2.45) is 0 Å². The van der Waals surface area contributed by atoms with Crippen molar-refractivity contribution in [1.82, 2.24) is 4.90 Å². The van der Waals surface area contributed by atoms with Gasteiger partial charge in [-0.3, -0.25) is 4.79 Å². The van der Waals surface area contributed by atoms with Crippen molar-refractivity contribution in [3.63, 3.8) is 0 Å². The highest BCUT2D eigenvalue weighted by Gasteiger charge is 2.22. The first-order chi connectivity index (χ1) is 12.4. The minimum Gasteiger partial charge on any atom is -0.368 e. The van der Waals surface area contributed by atoms with Crippen molar-refractivity contribution in [3.05, 3.63) is 63.6 Å². The van der Waals surface area contributed by atoms with Crippen molar-refractivity contribution in [2.75, 3.05) is 31.1 Å². The Hall–Kier alpha value is -1.95. The van der Waals surface area contributed by atoms with E-state index in [4.69, 9.17) is 0 Å². The molecular weight excluding hydrogens is 402 g/mol. The Morgan fingerprint density at radius 2 is 1.69 bits per heavy atom. The van der Waals surface area contributed by atoms with Crippen LogP contribution in [0.4, 0.5) is 14.5 Å². The predicted octanol–water partition coefficient (Wildman–Crippen LogP) is 4.32. The van der Waals surface area contributed by atoms with E-state index in [0.29, 0.717) is 25.9 Å². The maximum atomic E-state index is 13.3. The molecule has 3 nitrogen and oxygen atoms in total. The van der Waals surface area contributed by atoms with Crippen molar-refractivity contribution in [1.29, 1.82) is 0 Å². The summed E-state index contributed by atoms with van der Waals surface area (Å²) in [4.78, 5) is 16.5. The van der Waals surface area contributed by atoms with Crippen molar-refractivity contribution >= 4 is 27.5 Å². The maximum absolute atomic E-state index is 13.3. The number of hydrogen-bond acceptors (Lipinski definition) is 2. The SMILES string of the molecule is Cc1cc(F)ccc1N1CCN(C(=O)CCc2cc(F)ccc2Br)CC1. The number of carbonyl (C=O) groups is 1. The number of anilines is 1. The number of carbonyl (C=O) groups excluding carboxylic acids is 1. The summed E-state index contributed by atoms with van der Waals surface area (Å²) in [6, 6.07) is 9.32. The number of rotatable bonds is 4. The third kappa shape index (κ3) is 4.41. The third-order valence-corrected chi connectivity index (χ3v) is 5.52. The summed E-state index contributed by atoms with van der Waals surface area (Å²) in [5.74, 6) is -0.445. The molecule has 0 unspecified atom stereocenters. The summed E-state index contributed by atoms with van der Waals surface area (Å²) >= 11 is 3.40. The Bertz CT molecular complexity index is 804. The van der Waals surface area contributed by atoms with Crippen LogP contribution in [0.5, 0.6) is 0 Å². The van der Waals surface area contributed by atoms with Gasteiger partial charge in [-0.2, -0.15) is 0 Å². The molecule has 0 radical (unpaired) electrons. The predicted molar refractivity (Wildman–Crippen MR) is 102 cm³/mol. The molecule has 2 aromatic carbocycles. The van der Waals surface area contributed by atoms with E-state index in [1.807, 2.05) is 11.8 Å². The lowest BCUT2D eigenvalue weighted by atomic mass is 10.1. The molecule has 0 bridgehead atoms. The molecule has 6 heteroatoms. The lowest BCUT2D eigenvalue weighted by Gasteiger charge is -2.37. The molecule has 1 heterocycles. The van der Waals surface area contributed by atoms with E-state index in [9.17, 15) is 13.6 Å². The first-order valence-electron chi connectivity index (χ1n) is 8.67. The molecular formula is C20H21BrF2N2O. The largest absolute Gasteiger partial charge is 0.368 e. The second kappa shape index (κ2) is 8.16. The van der Waals surface area contributed by atoms with Gasteiger partial charge in [0.1, 0.15) is 11.6 Å². The summed E-state index contributed by atoms with van der Waals surface area (Å²) in [5.41, 5.74) is 2.72. The molecule has 2 aromatic rings. The quantitative estimate of drug-likeness (QED) is 0.732. The van der Waals surface area contributed by atoms with Crippen LogP contribution >= 0.6 is 15.9 Å². The van der Waals surface area contributed by atoms with E-state index in [-0.39, 0.29) is 17.5 Å². The third-order valence-electron chi connectivity index (χ3n) is 4.75. The van der Waals surface area contributed by atoms with Gasteiger partial charge in [0.15, 0.2) is 0 Å². The molecule has 1 aliphatic heterocycles. The van der Waals surface area contributed by atoms with E-state index < -0.39 is 0 Å². The molecule has 26 heavy (non-hydrogen) atoms. The standard InChI is InChI=1S/C20H21BrF2N2O/c1-14-12-16(22)4-6-19(14)24-8-10-25(11-9-24)20(26)7-2-15-13-17(23)3-5-18(15)21/h3-6,12-13H,2,7-11H2,1H3. The van der Waals surface area contributed by atoms with Gasteiger partial charge in [-0.05, 0) is 60.9 Å². The van der Waals surface area contributed by atoms with Gasteiger partial charge < -0.3 is 9.80 Å². The van der Waals surface area contributed by atoms with Gasteiger partial charge in [-0.25, -0.2) is 8.78 Å². The van der Waals surface area contributed by atoms with E-state index in [2.05, 4.69) is 20.8 Å². The topological polar surface area (TPSA) is 23.6 Å². The Morgan fingerprint density at radius 3 is 2.38 bits per heavy atom. The van der Waals surface area contributed by atoms with Gasteiger partial charge in [-0.15, -0.1) is 0 Å². The molecule has 0 aromatic heterocycles. The Balaban J connectivity index is 1.54. The minimum atomic E-state index is -0.293. The Kier molecular flexibility index (Phi) is 5.91. The summed E-state index contributed by atoms with van der Waals surface area (Å²) in [7, 11) is 0. The lowest BCUT2D eigenvalue weighted by molar-refractivity contribution is -0.131. The monoisotopic (exact) mass is 422 g/mol. The van der Waals surface area contributed by atoms with E-state index >= 15 is 0 Å².